The summed E-state index contributed by atoms with van der Waals surface area (Å²) in [4.78, 5) is 13.4. The van der Waals surface area contributed by atoms with Crippen LogP contribution in [0, 0.1) is 6.92 Å². The minimum absolute atomic E-state index is 1.01. The van der Waals surface area contributed by atoms with Crippen molar-refractivity contribution in [1.82, 2.24) is 9.97 Å². The Morgan fingerprint density at radius 1 is 0.895 bits per heavy atom. The van der Waals surface area contributed by atoms with Gasteiger partial charge in [0.25, 0.3) is 0 Å². The highest BCUT2D eigenvalue weighted by molar-refractivity contribution is 5.48. The number of hydrogen-bond acceptors (Lipinski definition) is 4. The maximum atomic E-state index is 4.59. The van der Waals surface area contributed by atoms with E-state index in [9.17, 15) is 0 Å². The summed E-state index contributed by atoms with van der Waals surface area (Å²) in [5.74, 6) is 1.09. The minimum atomic E-state index is 1.01. The lowest BCUT2D eigenvalue weighted by Gasteiger charge is -2.36. The Hall–Kier alpha value is -2.10. The molecule has 4 heteroatoms. The summed E-state index contributed by atoms with van der Waals surface area (Å²) >= 11 is 0. The number of anilines is 2. The van der Waals surface area contributed by atoms with E-state index in [2.05, 4.69) is 44.0 Å². The van der Waals surface area contributed by atoms with Crippen molar-refractivity contribution in [3.05, 3.63) is 48.4 Å². The van der Waals surface area contributed by atoms with Crippen LogP contribution in [0.4, 0.5) is 11.5 Å². The van der Waals surface area contributed by atoms with Crippen molar-refractivity contribution in [3.63, 3.8) is 0 Å². The van der Waals surface area contributed by atoms with Crippen LogP contribution < -0.4 is 9.80 Å². The highest BCUT2D eigenvalue weighted by atomic mass is 15.3. The first-order valence-electron chi connectivity index (χ1n) is 6.66. The Morgan fingerprint density at radius 3 is 2.26 bits per heavy atom. The van der Waals surface area contributed by atoms with Gasteiger partial charge >= 0.3 is 0 Å². The second kappa shape index (κ2) is 5.26. The van der Waals surface area contributed by atoms with Gasteiger partial charge in [-0.2, -0.15) is 0 Å². The molecule has 2 aromatic heterocycles. The van der Waals surface area contributed by atoms with E-state index in [-0.39, 0.29) is 0 Å². The molecule has 0 N–H and O–H groups in total. The number of pyridine rings is 2. The first-order chi connectivity index (χ1) is 9.33. The second-order valence-electron chi connectivity index (χ2n) is 4.82. The van der Waals surface area contributed by atoms with Crippen LogP contribution in [0.5, 0.6) is 0 Å². The Bertz CT molecular complexity index is 533. The first kappa shape index (κ1) is 12.0. The molecule has 1 saturated heterocycles. The number of aromatic nitrogens is 2. The molecule has 1 fully saturated rings. The lowest BCUT2D eigenvalue weighted by Crippen LogP contribution is -2.46. The molecule has 3 heterocycles. The summed E-state index contributed by atoms with van der Waals surface area (Å²) in [5, 5.41) is 0. The van der Waals surface area contributed by atoms with Gasteiger partial charge in [0.15, 0.2) is 0 Å². The normalized spacial score (nSPS) is 15.6. The van der Waals surface area contributed by atoms with Crippen molar-refractivity contribution in [3.8, 4) is 0 Å². The van der Waals surface area contributed by atoms with Crippen LogP contribution in [0.15, 0.2) is 42.7 Å². The third-order valence-electron chi connectivity index (χ3n) is 3.51. The fraction of sp³-hybridized carbons (Fsp3) is 0.333. The monoisotopic (exact) mass is 254 g/mol. The summed E-state index contributed by atoms with van der Waals surface area (Å²) in [5.41, 5.74) is 2.33. The second-order valence-corrected chi connectivity index (χ2v) is 4.82. The lowest BCUT2D eigenvalue weighted by atomic mass is 10.2. The van der Waals surface area contributed by atoms with E-state index in [0.717, 1.165) is 37.7 Å². The topological polar surface area (TPSA) is 32.3 Å². The van der Waals surface area contributed by atoms with Crippen molar-refractivity contribution in [2.45, 2.75) is 6.92 Å². The van der Waals surface area contributed by atoms with Crippen molar-refractivity contribution in [1.29, 1.82) is 0 Å². The molecule has 0 bridgehead atoms. The molecular weight excluding hydrogens is 236 g/mol. The highest BCUT2D eigenvalue weighted by Crippen LogP contribution is 2.18. The molecule has 0 aliphatic carbocycles. The molecule has 0 spiro atoms. The van der Waals surface area contributed by atoms with Gasteiger partial charge in [0.2, 0.25) is 0 Å². The van der Waals surface area contributed by atoms with E-state index in [1.807, 2.05) is 25.4 Å². The molecule has 19 heavy (non-hydrogen) atoms. The van der Waals surface area contributed by atoms with Gasteiger partial charge in [0.05, 0.1) is 0 Å². The number of hydrogen-bond donors (Lipinski definition) is 0. The zero-order valence-electron chi connectivity index (χ0n) is 11.2. The molecule has 0 saturated carbocycles. The van der Waals surface area contributed by atoms with Crippen LogP contribution in [-0.4, -0.2) is 36.1 Å². The third-order valence-corrected chi connectivity index (χ3v) is 3.51. The number of nitrogens with zero attached hydrogens (tertiary/aromatic N) is 4. The van der Waals surface area contributed by atoms with E-state index in [1.54, 1.807) is 0 Å². The molecule has 98 valence electrons. The van der Waals surface area contributed by atoms with Crippen LogP contribution in [0.2, 0.25) is 0 Å². The Kier molecular flexibility index (Phi) is 3.31. The molecule has 0 radical (unpaired) electrons. The van der Waals surface area contributed by atoms with Crippen molar-refractivity contribution in [2.75, 3.05) is 36.0 Å². The molecule has 0 aromatic carbocycles. The van der Waals surface area contributed by atoms with Crippen molar-refractivity contribution >= 4 is 11.5 Å². The average molecular weight is 254 g/mol. The maximum Gasteiger partial charge on any atom is 0.128 e. The molecule has 0 amide bonds. The number of aryl methyl sites for hydroxylation is 1. The van der Waals surface area contributed by atoms with Crippen molar-refractivity contribution in [2.24, 2.45) is 0 Å². The van der Waals surface area contributed by atoms with E-state index < -0.39 is 0 Å². The third kappa shape index (κ3) is 2.67. The molecule has 0 unspecified atom stereocenters. The summed E-state index contributed by atoms with van der Waals surface area (Å²) in [7, 11) is 0. The summed E-state index contributed by atoms with van der Waals surface area (Å²) in [6.07, 6.45) is 3.70. The van der Waals surface area contributed by atoms with Crippen LogP contribution in [-0.2, 0) is 0 Å². The standard InChI is InChI=1S/C15H18N4/c1-13-3-2-4-15(17-13)19-11-9-18(10-12-19)14-5-7-16-8-6-14/h2-8H,9-12H2,1H3. The molecule has 0 atom stereocenters. The van der Waals surface area contributed by atoms with Crippen molar-refractivity contribution < 1.29 is 0 Å². The largest absolute Gasteiger partial charge is 0.368 e. The molecule has 3 rings (SSSR count). The molecule has 1 aliphatic heterocycles. The average Bonchev–Trinajstić information content (AvgIpc) is 2.48. The number of rotatable bonds is 2. The van der Waals surface area contributed by atoms with Crippen LogP contribution >= 0.6 is 0 Å². The Labute approximate surface area is 113 Å². The van der Waals surface area contributed by atoms with Gasteiger partial charge in [-0.1, -0.05) is 6.07 Å². The maximum absolute atomic E-state index is 4.59. The predicted octanol–water partition coefficient (Wildman–Crippen LogP) is 2.11. The fourth-order valence-electron chi connectivity index (χ4n) is 2.45. The fourth-order valence-corrected chi connectivity index (χ4v) is 2.45. The van der Waals surface area contributed by atoms with Gasteiger partial charge in [0.1, 0.15) is 5.82 Å². The van der Waals surface area contributed by atoms with Gasteiger partial charge in [-0.3, -0.25) is 4.98 Å². The van der Waals surface area contributed by atoms with Gasteiger partial charge in [0, 0.05) is 50.0 Å². The van der Waals surface area contributed by atoms with Crippen LogP contribution in [0.3, 0.4) is 0 Å². The smallest absolute Gasteiger partial charge is 0.128 e. The van der Waals surface area contributed by atoms with Crippen LogP contribution in [0.1, 0.15) is 5.69 Å². The zero-order valence-corrected chi connectivity index (χ0v) is 11.2. The van der Waals surface area contributed by atoms with E-state index in [1.165, 1.54) is 5.69 Å². The first-order valence-corrected chi connectivity index (χ1v) is 6.66. The SMILES string of the molecule is Cc1cccc(N2CCN(c3ccncc3)CC2)n1. The van der Waals surface area contributed by atoms with Gasteiger partial charge < -0.3 is 9.80 Å². The summed E-state index contributed by atoms with van der Waals surface area (Å²) in [6, 6.07) is 10.3. The molecule has 1 aliphatic rings. The zero-order chi connectivity index (χ0) is 13.1. The molecule has 2 aromatic rings. The van der Waals surface area contributed by atoms with Gasteiger partial charge in [-0.05, 0) is 31.2 Å². The summed E-state index contributed by atoms with van der Waals surface area (Å²) < 4.78 is 0. The summed E-state index contributed by atoms with van der Waals surface area (Å²) in [6.45, 7) is 6.12. The predicted molar refractivity (Wildman–Crippen MR) is 77.6 cm³/mol. The quantitative estimate of drug-likeness (QED) is 0.821. The molecular formula is C15H18N4. The van der Waals surface area contributed by atoms with Gasteiger partial charge in [-0.25, -0.2) is 4.98 Å². The lowest BCUT2D eigenvalue weighted by molar-refractivity contribution is 0.646. The van der Waals surface area contributed by atoms with E-state index in [4.69, 9.17) is 0 Å². The Balaban J connectivity index is 1.67. The van der Waals surface area contributed by atoms with E-state index >= 15 is 0 Å². The van der Waals surface area contributed by atoms with E-state index in [0.29, 0.717) is 0 Å². The Morgan fingerprint density at radius 2 is 1.58 bits per heavy atom. The number of piperazine rings is 1. The minimum Gasteiger partial charge on any atom is -0.368 e. The van der Waals surface area contributed by atoms with Crippen LogP contribution in [0.25, 0.3) is 0 Å². The molecule has 4 nitrogen and oxygen atoms in total. The highest BCUT2D eigenvalue weighted by Gasteiger charge is 2.18. The van der Waals surface area contributed by atoms with Gasteiger partial charge in [-0.15, -0.1) is 0 Å².